The first-order valence-corrected chi connectivity index (χ1v) is 13.5. The molecule has 0 bridgehead atoms. The van der Waals surface area contributed by atoms with E-state index in [0.717, 1.165) is 44.2 Å². The highest BCUT2D eigenvalue weighted by Crippen LogP contribution is 2.58. The highest BCUT2D eigenvalue weighted by atomic mass is 19.4. The molecule has 0 spiro atoms. The molecule has 0 N–H and O–H groups in total. The van der Waals surface area contributed by atoms with Crippen LogP contribution in [0.3, 0.4) is 0 Å². The lowest BCUT2D eigenvalue weighted by atomic mass is 9.76. The minimum Gasteiger partial charge on any atom is -0.497 e. The van der Waals surface area contributed by atoms with E-state index in [9.17, 15) is 13.2 Å². The van der Waals surface area contributed by atoms with Crippen LogP contribution >= 0.6 is 0 Å². The second-order valence-electron chi connectivity index (χ2n) is 11.2. The SMILES string of the molecule is COc1ccc2c3c(c4c(c2c1)OC(c1ccccc1)(c1ccccc1)C=C4)C(C)(C)c1cc(C(F)(F)F)ccc1-3. The smallest absolute Gasteiger partial charge is 0.416 e. The normalized spacial score (nSPS) is 16.0. The van der Waals surface area contributed by atoms with Crippen LogP contribution in [0, 0.1) is 0 Å². The zero-order chi connectivity index (χ0) is 28.6. The van der Waals surface area contributed by atoms with Gasteiger partial charge in [0, 0.05) is 27.5 Å². The van der Waals surface area contributed by atoms with Gasteiger partial charge in [-0.2, -0.15) is 13.2 Å². The summed E-state index contributed by atoms with van der Waals surface area (Å²) in [5.41, 5.74) is 3.95. The van der Waals surface area contributed by atoms with Crippen LogP contribution in [0.25, 0.3) is 28.0 Å². The van der Waals surface area contributed by atoms with Gasteiger partial charge in [0.05, 0.1) is 12.7 Å². The number of alkyl halides is 3. The first kappa shape index (κ1) is 25.5. The summed E-state index contributed by atoms with van der Waals surface area (Å²) < 4.78 is 54.2. The van der Waals surface area contributed by atoms with Gasteiger partial charge in [-0.15, -0.1) is 0 Å². The largest absolute Gasteiger partial charge is 0.497 e. The number of hydrogen-bond donors (Lipinski definition) is 0. The van der Waals surface area contributed by atoms with Crippen LogP contribution in [-0.2, 0) is 17.2 Å². The molecule has 204 valence electrons. The van der Waals surface area contributed by atoms with Gasteiger partial charge < -0.3 is 9.47 Å². The van der Waals surface area contributed by atoms with Crippen molar-refractivity contribution in [3.8, 4) is 22.6 Å². The van der Waals surface area contributed by atoms with Gasteiger partial charge >= 0.3 is 6.18 Å². The van der Waals surface area contributed by atoms with E-state index in [1.54, 1.807) is 13.2 Å². The topological polar surface area (TPSA) is 18.5 Å². The lowest BCUT2D eigenvalue weighted by Gasteiger charge is -2.38. The lowest BCUT2D eigenvalue weighted by molar-refractivity contribution is -0.137. The molecule has 5 aromatic carbocycles. The second kappa shape index (κ2) is 8.74. The molecule has 1 heterocycles. The van der Waals surface area contributed by atoms with Crippen LogP contribution in [0.4, 0.5) is 13.2 Å². The Morgan fingerprint density at radius 2 is 1.41 bits per heavy atom. The number of ether oxygens (including phenoxy) is 2. The average Bonchev–Trinajstić information content (AvgIpc) is 3.23. The molecule has 0 fully saturated rings. The molecule has 0 aromatic heterocycles. The Hall–Kier alpha value is -4.51. The monoisotopic (exact) mass is 548 g/mol. The summed E-state index contributed by atoms with van der Waals surface area (Å²) in [6, 6.07) is 30.1. The molecule has 7 rings (SSSR count). The van der Waals surface area contributed by atoms with Crippen LogP contribution < -0.4 is 9.47 Å². The van der Waals surface area contributed by atoms with Crippen molar-refractivity contribution in [3.63, 3.8) is 0 Å². The highest BCUT2D eigenvalue weighted by molar-refractivity contribution is 6.09. The zero-order valence-electron chi connectivity index (χ0n) is 22.8. The van der Waals surface area contributed by atoms with E-state index in [-0.39, 0.29) is 0 Å². The lowest BCUT2D eigenvalue weighted by Crippen LogP contribution is -2.35. The van der Waals surface area contributed by atoms with Gasteiger partial charge in [-0.1, -0.05) is 86.7 Å². The Balaban J connectivity index is 1.56. The van der Waals surface area contributed by atoms with E-state index in [2.05, 4.69) is 36.4 Å². The minimum atomic E-state index is -4.43. The number of hydrogen-bond acceptors (Lipinski definition) is 2. The summed E-state index contributed by atoms with van der Waals surface area (Å²) in [6.07, 6.45) is -0.260. The predicted octanol–water partition coefficient (Wildman–Crippen LogP) is 9.52. The third-order valence-electron chi connectivity index (χ3n) is 8.57. The standard InChI is InChI=1S/C36H27F3O2/c1-34(2)30-20-24(36(37,38)39)14-16-27(30)31-26-17-15-25(40-3)21-29(26)33-28(32(31)34)18-19-35(41-33,22-10-6-4-7-11-22)23-12-8-5-9-13-23/h4-21H,1-3H3. The van der Waals surface area contributed by atoms with Crippen LogP contribution in [-0.4, -0.2) is 7.11 Å². The number of benzene rings is 5. The molecule has 2 nitrogen and oxygen atoms in total. The zero-order valence-corrected chi connectivity index (χ0v) is 22.8. The van der Waals surface area contributed by atoms with Gasteiger partial charge in [-0.05, 0) is 64.0 Å². The first-order chi connectivity index (χ1) is 19.6. The summed E-state index contributed by atoms with van der Waals surface area (Å²) in [7, 11) is 1.62. The van der Waals surface area contributed by atoms with Gasteiger partial charge in [-0.3, -0.25) is 0 Å². The van der Waals surface area contributed by atoms with Gasteiger partial charge in [0.1, 0.15) is 11.5 Å². The number of methoxy groups -OCH3 is 1. The van der Waals surface area contributed by atoms with Crippen molar-refractivity contribution in [3.05, 3.63) is 137 Å². The van der Waals surface area contributed by atoms with Gasteiger partial charge in [0.15, 0.2) is 5.60 Å². The third kappa shape index (κ3) is 3.65. The Labute approximate surface area is 236 Å². The fourth-order valence-corrected chi connectivity index (χ4v) is 6.62. The Kier molecular flexibility index (Phi) is 5.43. The van der Waals surface area contributed by atoms with Crippen molar-refractivity contribution in [1.29, 1.82) is 0 Å². The average molecular weight is 549 g/mol. The van der Waals surface area contributed by atoms with Crippen molar-refractivity contribution in [2.75, 3.05) is 7.11 Å². The predicted molar refractivity (Wildman–Crippen MR) is 156 cm³/mol. The summed E-state index contributed by atoms with van der Waals surface area (Å²) in [5, 5.41) is 1.76. The molecule has 5 aromatic rings. The Bertz CT molecular complexity index is 1810. The molecular formula is C36H27F3O2. The van der Waals surface area contributed by atoms with E-state index < -0.39 is 22.8 Å². The second-order valence-corrected chi connectivity index (χ2v) is 11.2. The molecule has 0 saturated carbocycles. The van der Waals surface area contributed by atoms with E-state index in [0.29, 0.717) is 17.1 Å². The molecule has 5 heteroatoms. The van der Waals surface area contributed by atoms with Crippen LogP contribution in [0.15, 0.2) is 103 Å². The fraction of sp³-hybridized carbons (Fsp3) is 0.167. The molecule has 2 aliphatic rings. The maximum Gasteiger partial charge on any atom is 0.416 e. The van der Waals surface area contributed by atoms with Crippen LogP contribution in [0.1, 0.15) is 47.2 Å². The molecule has 1 aliphatic carbocycles. The van der Waals surface area contributed by atoms with Crippen molar-refractivity contribution in [1.82, 2.24) is 0 Å². The summed E-state index contributed by atoms with van der Waals surface area (Å²) >= 11 is 0. The van der Waals surface area contributed by atoms with E-state index in [1.807, 2.05) is 68.4 Å². The molecule has 0 unspecified atom stereocenters. The summed E-state index contributed by atoms with van der Waals surface area (Å²) in [4.78, 5) is 0. The molecule has 1 aliphatic heterocycles. The molecule has 0 radical (unpaired) electrons. The Morgan fingerprint density at radius 3 is 2.02 bits per heavy atom. The van der Waals surface area contributed by atoms with Crippen LogP contribution in [0.2, 0.25) is 0 Å². The first-order valence-electron chi connectivity index (χ1n) is 13.5. The van der Waals surface area contributed by atoms with Crippen molar-refractivity contribution >= 4 is 16.8 Å². The van der Waals surface area contributed by atoms with Gasteiger partial charge in [-0.25, -0.2) is 0 Å². The molecule has 0 saturated heterocycles. The number of fused-ring (bicyclic) bond motifs is 8. The van der Waals surface area contributed by atoms with Crippen molar-refractivity contribution in [2.45, 2.75) is 31.0 Å². The third-order valence-corrected chi connectivity index (χ3v) is 8.57. The van der Waals surface area contributed by atoms with E-state index in [4.69, 9.17) is 9.47 Å². The van der Waals surface area contributed by atoms with E-state index in [1.165, 1.54) is 12.1 Å². The minimum absolute atomic E-state index is 0.643. The van der Waals surface area contributed by atoms with Gasteiger partial charge in [0.25, 0.3) is 0 Å². The van der Waals surface area contributed by atoms with E-state index >= 15 is 0 Å². The molecule has 41 heavy (non-hydrogen) atoms. The Morgan fingerprint density at radius 1 is 0.756 bits per heavy atom. The molecule has 0 amide bonds. The maximum atomic E-state index is 13.8. The van der Waals surface area contributed by atoms with Crippen molar-refractivity contribution < 1.29 is 22.6 Å². The number of halogens is 3. The van der Waals surface area contributed by atoms with Crippen LogP contribution in [0.5, 0.6) is 11.5 Å². The number of rotatable bonds is 3. The highest BCUT2D eigenvalue weighted by Gasteiger charge is 2.45. The summed E-state index contributed by atoms with van der Waals surface area (Å²) in [6.45, 7) is 4.00. The molecule has 0 atom stereocenters. The van der Waals surface area contributed by atoms with Crippen molar-refractivity contribution in [2.24, 2.45) is 0 Å². The van der Waals surface area contributed by atoms with Gasteiger partial charge in [0.2, 0.25) is 0 Å². The summed E-state index contributed by atoms with van der Waals surface area (Å²) in [5.74, 6) is 1.36. The maximum absolute atomic E-state index is 13.8. The quantitative estimate of drug-likeness (QED) is 0.224. The fourth-order valence-electron chi connectivity index (χ4n) is 6.62. The molecular weight excluding hydrogens is 521 g/mol.